The van der Waals surface area contributed by atoms with Gasteiger partial charge in [-0.3, -0.25) is 0 Å². The van der Waals surface area contributed by atoms with E-state index in [0.29, 0.717) is 41.6 Å². The van der Waals surface area contributed by atoms with E-state index in [2.05, 4.69) is 0 Å². The van der Waals surface area contributed by atoms with Crippen LogP contribution in [-0.2, 0) is 14.8 Å². The predicted molar refractivity (Wildman–Crippen MR) is 114 cm³/mol. The first-order chi connectivity index (χ1) is 14.4. The van der Waals surface area contributed by atoms with Gasteiger partial charge in [0.1, 0.15) is 4.21 Å². The largest absolute Gasteiger partial charge is 0.545 e. The van der Waals surface area contributed by atoms with Crippen molar-refractivity contribution in [2.45, 2.75) is 30.4 Å². The Morgan fingerprint density at radius 3 is 2.53 bits per heavy atom. The lowest BCUT2D eigenvalue weighted by Gasteiger charge is -2.25. The number of ether oxygens (including phenoxy) is 2. The van der Waals surface area contributed by atoms with Crippen molar-refractivity contribution in [1.29, 1.82) is 0 Å². The van der Waals surface area contributed by atoms with Crippen molar-refractivity contribution >= 4 is 39.0 Å². The van der Waals surface area contributed by atoms with Crippen LogP contribution in [0, 0.1) is 0 Å². The van der Waals surface area contributed by atoms with Crippen LogP contribution in [0.3, 0.4) is 0 Å². The zero-order valence-electron chi connectivity index (χ0n) is 16.9. The summed E-state index contributed by atoms with van der Waals surface area (Å²) >= 11 is 0.936. The molecule has 0 unspecified atom stereocenters. The summed E-state index contributed by atoms with van der Waals surface area (Å²) in [5, 5.41) is 11.8. The summed E-state index contributed by atoms with van der Waals surface area (Å²) in [6.45, 7) is 3.31. The summed E-state index contributed by atoms with van der Waals surface area (Å²) < 4.78 is 38.1. The smallest absolute Gasteiger partial charge is 0.252 e. The second-order valence-electron chi connectivity index (χ2n) is 6.77. The molecule has 1 aromatic carbocycles. The summed E-state index contributed by atoms with van der Waals surface area (Å²) in [4.78, 5) is 12.1. The number of hydrogen-bond donors (Lipinski definition) is 0. The average Bonchev–Trinajstić information content (AvgIpc) is 3.24. The highest BCUT2D eigenvalue weighted by atomic mass is 32.2. The summed E-state index contributed by atoms with van der Waals surface area (Å²) in [5.41, 5.74) is 0.481. The van der Waals surface area contributed by atoms with Crippen LogP contribution >= 0.6 is 11.3 Å². The predicted octanol–water partition coefficient (Wildman–Crippen LogP) is 2.62. The first-order valence-corrected chi connectivity index (χ1v) is 12.0. The summed E-state index contributed by atoms with van der Waals surface area (Å²) in [7, 11) is -2.12. The minimum absolute atomic E-state index is 0.0914. The Kier molecular flexibility index (Phi) is 7.17. The number of methoxy groups -OCH3 is 1. The van der Waals surface area contributed by atoms with Gasteiger partial charge >= 0.3 is 0 Å². The Morgan fingerprint density at radius 1 is 1.17 bits per heavy atom. The van der Waals surface area contributed by atoms with Crippen LogP contribution in [0.4, 0.5) is 0 Å². The molecule has 0 saturated carbocycles. The molecule has 9 heteroatoms. The van der Waals surface area contributed by atoms with Gasteiger partial charge in [-0.1, -0.05) is 12.5 Å². The topological polar surface area (TPSA) is 96.0 Å². The Hall–Kier alpha value is -2.36. The molecule has 1 fully saturated rings. The summed E-state index contributed by atoms with van der Waals surface area (Å²) in [6.07, 6.45) is 4.13. The molecular weight excluding hydrogens is 426 g/mol. The molecule has 1 saturated heterocycles. The van der Waals surface area contributed by atoms with E-state index in [4.69, 9.17) is 9.47 Å². The van der Waals surface area contributed by atoms with Crippen molar-refractivity contribution in [3.05, 3.63) is 40.8 Å². The molecule has 0 bridgehead atoms. The van der Waals surface area contributed by atoms with Crippen molar-refractivity contribution in [1.82, 2.24) is 4.31 Å². The van der Waals surface area contributed by atoms with Gasteiger partial charge in [-0.15, -0.1) is 11.3 Å². The third kappa shape index (κ3) is 4.85. The standard InChI is InChI=1S/C21H25NO6S2/c1-3-28-17-8-7-15(14-18(17)27-2)13-16(21(23)24)19-9-10-20(29-19)30(25,26)22-11-5-4-6-12-22/h7-10,13-14H,3-6,11-12H2,1-2H3,(H,23,24)/p-1/b16-13+. The van der Waals surface area contributed by atoms with Gasteiger partial charge in [-0.25, -0.2) is 8.42 Å². The van der Waals surface area contributed by atoms with E-state index in [1.807, 2.05) is 6.92 Å². The average molecular weight is 451 g/mol. The number of nitrogens with zero attached hydrogens (tertiary/aromatic N) is 1. The third-order valence-electron chi connectivity index (χ3n) is 4.77. The van der Waals surface area contributed by atoms with Gasteiger partial charge in [0.25, 0.3) is 10.0 Å². The van der Waals surface area contributed by atoms with Gasteiger partial charge < -0.3 is 19.4 Å². The molecule has 2 aromatic rings. The SMILES string of the molecule is CCOc1ccc(/C=C(/C(=O)[O-])c2ccc(S(=O)(=O)N3CCCCC3)s2)cc1OC. The van der Waals surface area contributed by atoms with E-state index in [1.54, 1.807) is 18.2 Å². The van der Waals surface area contributed by atoms with E-state index < -0.39 is 16.0 Å². The molecule has 1 aliphatic rings. The van der Waals surface area contributed by atoms with Crippen LogP contribution in [0.5, 0.6) is 11.5 Å². The lowest BCUT2D eigenvalue weighted by Crippen LogP contribution is -2.35. The van der Waals surface area contributed by atoms with Gasteiger partial charge in [0.15, 0.2) is 11.5 Å². The monoisotopic (exact) mass is 450 g/mol. The maximum absolute atomic E-state index is 12.9. The first-order valence-electron chi connectivity index (χ1n) is 9.71. The highest BCUT2D eigenvalue weighted by Crippen LogP contribution is 2.33. The first kappa shape index (κ1) is 22.3. The highest BCUT2D eigenvalue weighted by Gasteiger charge is 2.27. The molecule has 0 aliphatic carbocycles. The van der Waals surface area contributed by atoms with Gasteiger partial charge in [0.2, 0.25) is 0 Å². The molecule has 1 aliphatic heterocycles. The second kappa shape index (κ2) is 9.63. The molecular formula is C21H24NO6S2-. The molecule has 0 amide bonds. The van der Waals surface area contributed by atoms with E-state index in [1.165, 1.54) is 29.6 Å². The molecule has 0 radical (unpaired) electrons. The van der Waals surface area contributed by atoms with Crippen LogP contribution < -0.4 is 14.6 Å². The van der Waals surface area contributed by atoms with Crippen molar-refractivity contribution in [2.75, 3.05) is 26.8 Å². The number of carboxylic acids is 1. The number of carboxylic acid groups (broad SMARTS) is 1. The normalized spacial score (nSPS) is 15.7. The number of sulfonamides is 1. The van der Waals surface area contributed by atoms with Crippen LogP contribution in [0.1, 0.15) is 36.6 Å². The Bertz CT molecular complexity index is 1040. The van der Waals surface area contributed by atoms with Gasteiger partial charge in [0, 0.05) is 23.5 Å². The van der Waals surface area contributed by atoms with Gasteiger partial charge in [0.05, 0.1) is 19.7 Å². The fourth-order valence-electron chi connectivity index (χ4n) is 3.28. The molecule has 1 aromatic heterocycles. The Labute approximate surface area is 180 Å². The van der Waals surface area contributed by atoms with E-state index in [0.717, 1.165) is 30.6 Å². The molecule has 0 spiro atoms. The quantitative estimate of drug-likeness (QED) is 0.574. The maximum atomic E-state index is 12.9. The van der Waals surface area contributed by atoms with E-state index in [-0.39, 0.29) is 9.78 Å². The van der Waals surface area contributed by atoms with Crippen molar-refractivity contribution < 1.29 is 27.8 Å². The number of rotatable bonds is 8. The zero-order chi connectivity index (χ0) is 21.7. The number of carbonyl (C=O) groups excluding carboxylic acids is 1. The maximum Gasteiger partial charge on any atom is 0.252 e. The van der Waals surface area contributed by atoms with Crippen molar-refractivity contribution in [3.8, 4) is 11.5 Å². The summed E-state index contributed by atoms with van der Waals surface area (Å²) in [6, 6.07) is 8.03. The number of carbonyl (C=O) groups is 1. The number of aliphatic carboxylic acids is 1. The second-order valence-corrected chi connectivity index (χ2v) is 10.0. The van der Waals surface area contributed by atoms with Crippen molar-refractivity contribution in [3.63, 3.8) is 0 Å². The van der Waals surface area contributed by atoms with Crippen LogP contribution in [0.15, 0.2) is 34.5 Å². The highest BCUT2D eigenvalue weighted by molar-refractivity contribution is 7.91. The van der Waals surface area contributed by atoms with E-state index >= 15 is 0 Å². The van der Waals surface area contributed by atoms with Crippen LogP contribution in [0.2, 0.25) is 0 Å². The lowest BCUT2D eigenvalue weighted by molar-refractivity contribution is -0.295. The molecule has 0 N–H and O–H groups in total. The minimum atomic E-state index is -3.62. The van der Waals surface area contributed by atoms with E-state index in [9.17, 15) is 18.3 Å². The number of thiophene rings is 1. The molecule has 30 heavy (non-hydrogen) atoms. The minimum Gasteiger partial charge on any atom is -0.545 e. The number of hydrogen-bond acceptors (Lipinski definition) is 7. The number of benzene rings is 1. The fraction of sp³-hybridized carbons (Fsp3) is 0.381. The van der Waals surface area contributed by atoms with Gasteiger partial charge in [-0.05, 0) is 55.7 Å². The van der Waals surface area contributed by atoms with Crippen molar-refractivity contribution in [2.24, 2.45) is 0 Å². The lowest BCUT2D eigenvalue weighted by atomic mass is 10.1. The van der Waals surface area contributed by atoms with Gasteiger partial charge in [-0.2, -0.15) is 4.31 Å². The third-order valence-corrected chi connectivity index (χ3v) is 8.26. The Balaban J connectivity index is 1.93. The molecule has 7 nitrogen and oxygen atoms in total. The zero-order valence-corrected chi connectivity index (χ0v) is 18.6. The molecule has 3 rings (SSSR count). The number of piperidine rings is 1. The Morgan fingerprint density at radius 2 is 1.90 bits per heavy atom. The van der Waals surface area contributed by atoms with Crippen LogP contribution in [0.25, 0.3) is 11.6 Å². The molecule has 0 atom stereocenters. The molecule has 2 heterocycles. The van der Waals surface area contributed by atoms with Crippen LogP contribution in [-0.4, -0.2) is 45.5 Å². The fourth-order valence-corrected chi connectivity index (χ4v) is 6.26. The molecule has 162 valence electrons. The summed E-state index contributed by atoms with van der Waals surface area (Å²) in [5.74, 6) is -0.354.